The summed E-state index contributed by atoms with van der Waals surface area (Å²) in [7, 11) is 1.89. The monoisotopic (exact) mass is 262 g/mol. The van der Waals surface area contributed by atoms with Gasteiger partial charge in [0.15, 0.2) is 5.16 Å². The molecule has 0 spiro atoms. The normalized spacial score (nSPS) is 10.3. The predicted molar refractivity (Wildman–Crippen MR) is 73.4 cm³/mol. The summed E-state index contributed by atoms with van der Waals surface area (Å²) in [5.41, 5.74) is 6.97. The van der Waals surface area contributed by atoms with Crippen molar-refractivity contribution in [3.63, 3.8) is 0 Å². The van der Waals surface area contributed by atoms with E-state index in [1.165, 1.54) is 11.8 Å². The maximum Gasteiger partial charge on any atom is 0.234 e. The van der Waals surface area contributed by atoms with E-state index in [-0.39, 0.29) is 5.91 Å². The molecule has 0 aliphatic carbocycles. The minimum absolute atomic E-state index is 0.0754. The molecular weight excluding hydrogens is 248 g/mol. The van der Waals surface area contributed by atoms with E-state index in [4.69, 9.17) is 5.73 Å². The van der Waals surface area contributed by atoms with Gasteiger partial charge in [0.25, 0.3) is 0 Å². The second kappa shape index (κ2) is 5.59. The van der Waals surface area contributed by atoms with Crippen LogP contribution in [0.5, 0.6) is 0 Å². The van der Waals surface area contributed by atoms with Crippen LogP contribution >= 0.6 is 11.8 Å². The smallest absolute Gasteiger partial charge is 0.234 e. The summed E-state index contributed by atoms with van der Waals surface area (Å²) in [6, 6.07) is 7.11. The lowest BCUT2D eigenvalue weighted by atomic mass is 10.3. The number of amides is 1. The lowest BCUT2D eigenvalue weighted by molar-refractivity contribution is -0.113. The summed E-state index contributed by atoms with van der Waals surface area (Å²) in [6.45, 7) is 0. The third-order valence-electron chi connectivity index (χ3n) is 2.28. The minimum atomic E-state index is -0.0754. The molecule has 0 bridgehead atoms. The summed E-state index contributed by atoms with van der Waals surface area (Å²) in [6.07, 6.45) is 3.55. The first-order chi connectivity index (χ1) is 8.65. The van der Waals surface area contributed by atoms with Gasteiger partial charge in [-0.1, -0.05) is 17.8 Å². The zero-order chi connectivity index (χ0) is 13.0. The number of nitrogen functional groups attached to an aromatic ring is 1. The number of benzene rings is 1. The van der Waals surface area contributed by atoms with E-state index in [0.29, 0.717) is 17.1 Å². The van der Waals surface area contributed by atoms with Gasteiger partial charge in [-0.15, -0.1) is 0 Å². The highest BCUT2D eigenvalue weighted by atomic mass is 32.2. The van der Waals surface area contributed by atoms with E-state index in [1.807, 2.05) is 17.8 Å². The van der Waals surface area contributed by atoms with Crippen molar-refractivity contribution in [2.45, 2.75) is 5.16 Å². The third kappa shape index (κ3) is 3.27. The molecule has 0 atom stereocenters. The molecule has 1 heterocycles. The second-order valence-electron chi connectivity index (χ2n) is 3.78. The number of nitrogens with two attached hydrogens (primary N) is 1. The molecule has 0 fully saturated rings. The van der Waals surface area contributed by atoms with Gasteiger partial charge in [0.2, 0.25) is 5.91 Å². The number of hydrogen-bond donors (Lipinski definition) is 2. The first kappa shape index (κ1) is 12.5. The van der Waals surface area contributed by atoms with Gasteiger partial charge < -0.3 is 15.6 Å². The lowest BCUT2D eigenvalue weighted by Gasteiger charge is -2.05. The van der Waals surface area contributed by atoms with E-state index >= 15 is 0 Å². The van der Waals surface area contributed by atoms with E-state index in [2.05, 4.69) is 10.3 Å². The largest absolute Gasteiger partial charge is 0.399 e. The Hall–Kier alpha value is -1.95. The molecule has 0 saturated carbocycles. The summed E-state index contributed by atoms with van der Waals surface area (Å²) in [4.78, 5) is 15.9. The molecule has 3 N–H and O–H groups in total. The SMILES string of the molecule is Cn1ccnc1SCC(=O)Nc1cccc(N)c1. The molecule has 0 aliphatic heterocycles. The molecule has 1 amide bonds. The van der Waals surface area contributed by atoms with Crippen LogP contribution in [0, 0.1) is 0 Å². The summed E-state index contributed by atoms with van der Waals surface area (Å²) < 4.78 is 1.87. The number of rotatable bonds is 4. The van der Waals surface area contributed by atoms with Gasteiger partial charge in [0.1, 0.15) is 0 Å². The fraction of sp³-hybridized carbons (Fsp3) is 0.167. The Bertz CT molecular complexity index is 553. The predicted octanol–water partition coefficient (Wildman–Crippen LogP) is 1.73. The van der Waals surface area contributed by atoms with Crippen molar-refractivity contribution in [2.24, 2.45) is 7.05 Å². The number of nitrogens with one attached hydrogen (secondary N) is 1. The molecule has 0 saturated heterocycles. The van der Waals surface area contributed by atoms with Crippen molar-refractivity contribution in [1.82, 2.24) is 9.55 Å². The van der Waals surface area contributed by atoms with Crippen LogP contribution in [-0.4, -0.2) is 21.2 Å². The van der Waals surface area contributed by atoms with Crippen LogP contribution < -0.4 is 11.1 Å². The van der Waals surface area contributed by atoms with E-state index in [9.17, 15) is 4.79 Å². The van der Waals surface area contributed by atoms with Crippen LogP contribution in [0.25, 0.3) is 0 Å². The Kier molecular flexibility index (Phi) is 3.88. The van der Waals surface area contributed by atoms with Crippen molar-refractivity contribution < 1.29 is 4.79 Å². The summed E-state index contributed by atoms with van der Waals surface area (Å²) in [5.74, 6) is 0.244. The van der Waals surface area contributed by atoms with Crippen molar-refractivity contribution in [3.05, 3.63) is 36.7 Å². The fourth-order valence-electron chi connectivity index (χ4n) is 1.43. The molecule has 2 rings (SSSR count). The molecule has 0 unspecified atom stereocenters. The molecule has 6 heteroatoms. The number of carbonyl (C=O) groups excluding carboxylic acids is 1. The Morgan fingerprint density at radius 2 is 2.39 bits per heavy atom. The quantitative estimate of drug-likeness (QED) is 0.650. The van der Waals surface area contributed by atoms with Gasteiger partial charge in [-0.05, 0) is 18.2 Å². The summed E-state index contributed by atoms with van der Waals surface area (Å²) >= 11 is 1.39. The van der Waals surface area contributed by atoms with Gasteiger partial charge in [0.05, 0.1) is 5.75 Å². The second-order valence-corrected chi connectivity index (χ2v) is 4.73. The minimum Gasteiger partial charge on any atom is -0.399 e. The van der Waals surface area contributed by atoms with Gasteiger partial charge in [-0.2, -0.15) is 0 Å². The third-order valence-corrected chi connectivity index (χ3v) is 3.34. The van der Waals surface area contributed by atoms with Gasteiger partial charge in [-0.3, -0.25) is 4.79 Å². The lowest BCUT2D eigenvalue weighted by Crippen LogP contribution is -2.14. The number of anilines is 2. The first-order valence-corrected chi connectivity index (χ1v) is 6.39. The Morgan fingerprint density at radius 1 is 1.56 bits per heavy atom. The van der Waals surface area contributed by atoms with Crippen LogP contribution in [0.2, 0.25) is 0 Å². The van der Waals surface area contributed by atoms with Crippen LogP contribution in [0.15, 0.2) is 41.8 Å². The molecule has 0 radical (unpaired) electrons. The first-order valence-electron chi connectivity index (χ1n) is 5.40. The Labute approximate surface area is 109 Å². The molecule has 0 aliphatic rings. The maximum atomic E-state index is 11.7. The molecule has 1 aromatic heterocycles. The number of imidazole rings is 1. The van der Waals surface area contributed by atoms with Crippen LogP contribution in [-0.2, 0) is 11.8 Å². The average molecular weight is 262 g/mol. The Morgan fingerprint density at radius 3 is 3.06 bits per heavy atom. The highest BCUT2D eigenvalue weighted by molar-refractivity contribution is 7.99. The van der Waals surface area contributed by atoms with Crippen molar-refractivity contribution >= 4 is 29.0 Å². The highest BCUT2D eigenvalue weighted by Gasteiger charge is 2.06. The molecule has 94 valence electrons. The van der Waals surface area contributed by atoms with Gasteiger partial charge in [-0.25, -0.2) is 4.98 Å². The molecule has 1 aromatic carbocycles. The zero-order valence-corrected chi connectivity index (χ0v) is 10.8. The van der Waals surface area contributed by atoms with E-state index in [1.54, 1.807) is 30.5 Å². The van der Waals surface area contributed by atoms with Crippen molar-refractivity contribution in [3.8, 4) is 0 Å². The highest BCUT2D eigenvalue weighted by Crippen LogP contribution is 2.16. The number of aromatic nitrogens is 2. The molecular formula is C12H14N4OS. The molecule has 2 aromatic rings. The fourth-order valence-corrected chi connectivity index (χ4v) is 2.17. The number of nitrogens with zero attached hydrogens (tertiary/aromatic N) is 2. The van der Waals surface area contributed by atoms with Crippen molar-refractivity contribution in [2.75, 3.05) is 16.8 Å². The number of aryl methyl sites for hydroxylation is 1. The van der Waals surface area contributed by atoms with Gasteiger partial charge >= 0.3 is 0 Å². The van der Waals surface area contributed by atoms with Crippen LogP contribution in [0.1, 0.15) is 0 Å². The zero-order valence-electron chi connectivity index (χ0n) is 9.96. The molecule has 5 nitrogen and oxygen atoms in total. The topological polar surface area (TPSA) is 72.9 Å². The van der Waals surface area contributed by atoms with E-state index in [0.717, 1.165) is 5.16 Å². The van der Waals surface area contributed by atoms with Crippen LogP contribution in [0.4, 0.5) is 11.4 Å². The average Bonchev–Trinajstić information content (AvgIpc) is 2.72. The molecule has 18 heavy (non-hydrogen) atoms. The summed E-state index contributed by atoms with van der Waals surface area (Å²) in [5, 5.41) is 3.61. The number of carbonyl (C=O) groups is 1. The number of hydrogen-bond acceptors (Lipinski definition) is 4. The van der Waals surface area contributed by atoms with E-state index < -0.39 is 0 Å². The van der Waals surface area contributed by atoms with Crippen LogP contribution in [0.3, 0.4) is 0 Å². The number of thioether (sulfide) groups is 1. The van der Waals surface area contributed by atoms with Gasteiger partial charge in [0, 0.05) is 30.8 Å². The van der Waals surface area contributed by atoms with Crippen molar-refractivity contribution in [1.29, 1.82) is 0 Å². The maximum absolute atomic E-state index is 11.7. The Balaban J connectivity index is 1.88. The standard InChI is InChI=1S/C12H14N4OS/c1-16-6-5-14-12(16)18-8-11(17)15-10-4-2-3-9(13)7-10/h2-7H,8,13H2,1H3,(H,15,17).